The molecule has 0 aliphatic heterocycles. The Kier molecular flexibility index (Phi) is 4.27. The SMILES string of the molecule is O=c1cc(CSc2nnc(C3CC3)n2-c2ccccc2)c2cc3c(cc2o1)CCC3. The van der Waals surface area contributed by atoms with E-state index in [0.29, 0.717) is 17.3 Å². The molecule has 0 atom stereocenters. The van der Waals surface area contributed by atoms with E-state index in [0.717, 1.165) is 40.5 Å². The molecule has 2 aliphatic carbocycles. The molecule has 30 heavy (non-hydrogen) atoms. The molecule has 1 saturated carbocycles. The first-order valence-electron chi connectivity index (χ1n) is 10.5. The van der Waals surface area contributed by atoms with Gasteiger partial charge in [-0.1, -0.05) is 30.0 Å². The Labute approximate surface area is 178 Å². The van der Waals surface area contributed by atoms with Crippen molar-refractivity contribution in [1.82, 2.24) is 14.8 Å². The summed E-state index contributed by atoms with van der Waals surface area (Å²) < 4.78 is 7.69. The molecule has 0 spiro atoms. The largest absolute Gasteiger partial charge is 0.423 e. The van der Waals surface area contributed by atoms with Crippen LogP contribution in [0.4, 0.5) is 0 Å². The highest BCUT2D eigenvalue weighted by molar-refractivity contribution is 7.98. The zero-order valence-corrected chi connectivity index (χ0v) is 17.3. The van der Waals surface area contributed by atoms with E-state index in [1.807, 2.05) is 18.2 Å². The van der Waals surface area contributed by atoms with Crippen molar-refractivity contribution in [3.8, 4) is 5.69 Å². The van der Waals surface area contributed by atoms with Crippen LogP contribution in [-0.2, 0) is 18.6 Å². The van der Waals surface area contributed by atoms with Crippen LogP contribution in [0.15, 0.2) is 62.9 Å². The number of nitrogens with zero attached hydrogens (tertiary/aromatic N) is 3. The zero-order valence-electron chi connectivity index (χ0n) is 16.5. The summed E-state index contributed by atoms with van der Waals surface area (Å²) in [6.07, 6.45) is 5.68. The van der Waals surface area contributed by atoms with Gasteiger partial charge in [-0.25, -0.2) is 4.79 Å². The Balaban J connectivity index is 1.38. The molecule has 1 fully saturated rings. The molecule has 4 aromatic rings. The van der Waals surface area contributed by atoms with Crippen molar-refractivity contribution < 1.29 is 4.42 Å². The van der Waals surface area contributed by atoms with Crippen molar-refractivity contribution >= 4 is 22.7 Å². The van der Waals surface area contributed by atoms with Crippen LogP contribution >= 0.6 is 11.8 Å². The predicted molar refractivity (Wildman–Crippen MR) is 117 cm³/mol. The lowest BCUT2D eigenvalue weighted by Crippen LogP contribution is -2.03. The molecule has 2 aliphatic rings. The van der Waals surface area contributed by atoms with Gasteiger partial charge in [-0.15, -0.1) is 10.2 Å². The molecule has 0 saturated heterocycles. The van der Waals surface area contributed by atoms with E-state index in [1.165, 1.54) is 30.4 Å². The summed E-state index contributed by atoms with van der Waals surface area (Å²) in [5, 5.41) is 10.9. The van der Waals surface area contributed by atoms with Gasteiger partial charge in [0.1, 0.15) is 11.4 Å². The molecule has 2 heterocycles. The van der Waals surface area contributed by atoms with Crippen LogP contribution in [0.5, 0.6) is 0 Å². The van der Waals surface area contributed by atoms with Gasteiger partial charge in [-0.2, -0.15) is 0 Å². The second-order valence-corrected chi connectivity index (χ2v) is 9.08. The van der Waals surface area contributed by atoms with Gasteiger partial charge in [0.15, 0.2) is 5.16 Å². The molecular weight excluding hydrogens is 394 g/mol. The van der Waals surface area contributed by atoms with Gasteiger partial charge in [0.2, 0.25) is 0 Å². The van der Waals surface area contributed by atoms with Gasteiger partial charge in [-0.05, 0) is 73.1 Å². The van der Waals surface area contributed by atoms with Gasteiger partial charge in [0, 0.05) is 28.8 Å². The summed E-state index contributed by atoms with van der Waals surface area (Å²) >= 11 is 1.63. The second-order valence-electron chi connectivity index (χ2n) is 8.14. The highest BCUT2D eigenvalue weighted by Gasteiger charge is 2.31. The van der Waals surface area contributed by atoms with Crippen LogP contribution in [0.2, 0.25) is 0 Å². The number of aromatic nitrogens is 3. The standard InChI is InChI=1S/C24H21N3O2S/c28-22-13-18(20-11-16-5-4-6-17(16)12-21(20)29-22)14-30-24-26-25-23(15-9-10-15)27(24)19-7-2-1-3-8-19/h1-3,7-8,11-13,15H,4-6,9-10,14H2. The van der Waals surface area contributed by atoms with E-state index in [4.69, 9.17) is 4.42 Å². The normalized spacial score (nSPS) is 15.6. The van der Waals surface area contributed by atoms with Gasteiger partial charge in [0.05, 0.1) is 0 Å². The maximum Gasteiger partial charge on any atom is 0.336 e. The molecule has 0 unspecified atom stereocenters. The molecule has 6 heteroatoms. The number of para-hydroxylation sites is 1. The number of rotatable bonds is 5. The molecular formula is C24H21N3O2S. The smallest absolute Gasteiger partial charge is 0.336 e. The van der Waals surface area contributed by atoms with Crippen molar-refractivity contribution in [2.45, 2.75) is 48.9 Å². The summed E-state index contributed by atoms with van der Waals surface area (Å²) in [4.78, 5) is 12.2. The van der Waals surface area contributed by atoms with E-state index in [9.17, 15) is 4.79 Å². The van der Waals surface area contributed by atoms with E-state index >= 15 is 0 Å². The third kappa shape index (κ3) is 3.16. The first kappa shape index (κ1) is 18.0. The number of hydrogen-bond acceptors (Lipinski definition) is 5. The van der Waals surface area contributed by atoms with Crippen molar-refractivity contribution in [3.63, 3.8) is 0 Å². The first-order chi connectivity index (χ1) is 14.8. The van der Waals surface area contributed by atoms with Crippen molar-refractivity contribution in [2.24, 2.45) is 0 Å². The first-order valence-corrected chi connectivity index (χ1v) is 11.5. The van der Waals surface area contributed by atoms with Crippen LogP contribution < -0.4 is 5.63 Å². The Morgan fingerprint density at radius 2 is 1.83 bits per heavy atom. The van der Waals surface area contributed by atoms with E-state index in [-0.39, 0.29) is 5.63 Å². The van der Waals surface area contributed by atoms with Gasteiger partial charge in [0.25, 0.3) is 0 Å². The highest BCUT2D eigenvalue weighted by atomic mass is 32.2. The lowest BCUT2D eigenvalue weighted by atomic mass is 10.0. The van der Waals surface area contributed by atoms with Crippen LogP contribution in [0.25, 0.3) is 16.7 Å². The molecule has 2 aromatic heterocycles. The van der Waals surface area contributed by atoms with Crippen molar-refractivity contribution in [2.75, 3.05) is 0 Å². The zero-order chi connectivity index (χ0) is 20.1. The summed E-state index contributed by atoms with van der Waals surface area (Å²) in [7, 11) is 0. The lowest BCUT2D eigenvalue weighted by molar-refractivity contribution is 0.559. The highest BCUT2D eigenvalue weighted by Crippen LogP contribution is 2.41. The Bertz CT molecular complexity index is 1310. The fourth-order valence-electron chi connectivity index (χ4n) is 4.36. The third-order valence-electron chi connectivity index (χ3n) is 6.01. The summed E-state index contributed by atoms with van der Waals surface area (Å²) in [6.45, 7) is 0. The maximum absolute atomic E-state index is 12.2. The molecule has 6 rings (SSSR count). The van der Waals surface area contributed by atoms with Gasteiger partial charge >= 0.3 is 5.63 Å². The molecule has 0 N–H and O–H groups in total. The number of hydrogen-bond donors (Lipinski definition) is 0. The minimum atomic E-state index is -0.292. The predicted octanol–water partition coefficient (Wildman–Crippen LogP) is 5.03. The topological polar surface area (TPSA) is 60.9 Å². The molecule has 5 nitrogen and oxygen atoms in total. The number of thioether (sulfide) groups is 1. The average molecular weight is 416 g/mol. The van der Waals surface area contributed by atoms with Crippen LogP contribution in [0, 0.1) is 0 Å². The maximum atomic E-state index is 12.2. The second kappa shape index (κ2) is 7.13. The molecule has 0 bridgehead atoms. The van der Waals surface area contributed by atoms with Crippen molar-refractivity contribution in [1.29, 1.82) is 0 Å². The Hall–Kier alpha value is -2.86. The molecule has 150 valence electrons. The summed E-state index contributed by atoms with van der Waals surface area (Å²) in [5.74, 6) is 2.19. The fraction of sp³-hybridized carbons (Fsp3) is 0.292. The third-order valence-corrected chi connectivity index (χ3v) is 6.99. The van der Waals surface area contributed by atoms with E-state index in [1.54, 1.807) is 17.8 Å². The van der Waals surface area contributed by atoms with Crippen LogP contribution in [0.3, 0.4) is 0 Å². The number of benzene rings is 2. The molecule has 2 aromatic carbocycles. The summed E-state index contributed by atoms with van der Waals surface area (Å²) in [5.41, 5.74) is 5.18. The van der Waals surface area contributed by atoms with Gasteiger partial charge < -0.3 is 4.42 Å². The number of aryl methyl sites for hydroxylation is 2. The quantitative estimate of drug-likeness (QED) is 0.338. The molecule has 0 amide bonds. The van der Waals surface area contributed by atoms with Crippen LogP contribution in [-0.4, -0.2) is 14.8 Å². The monoisotopic (exact) mass is 415 g/mol. The van der Waals surface area contributed by atoms with Gasteiger partial charge in [-0.3, -0.25) is 4.57 Å². The van der Waals surface area contributed by atoms with Crippen LogP contribution in [0.1, 0.15) is 47.7 Å². The lowest BCUT2D eigenvalue weighted by Gasteiger charge is -2.11. The fourth-order valence-corrected chi connectivity index (χ4v) is 5.31. The van der Waals surface area contributed by atoms with E-state index < -0.39 is 0 Å². The Morgan fingerprint density at radius 1 is 1.03 bits per heavy atom. The minimum Gasteiger partial charge on any atom is -0.423 e. The van der Waals surface area contributed by atoms with E-state index in [2.05, 4.69) is 39.0 Å². The average Bonchev–Trinajstić information content (AvgIpc) is 3.35. The number of fused-ring (bicyclic) bond motifs is 2. The Morgan fingerprint density at radius 3 is 2.63 bits per heavy atom. The summed E-state index contributed by atoms with van der Waals surface area (Å²) in [6, 6.07) is 16.2. The van der Waals surface area contributed by atoms with Crippen molar-refractivity contribution in [3.05, 3.63) is 81.5 Å². The molecule has 0 radical (unpaired) electrons. The minimum absolute atomic E-state index is 0.292.